The molecule has 6 heteroatoms. The van der Waals surface area contributed by atoms with Crippen LogP contribution in [0, 0.1) is 0 Å². The second-order valence-electron chi connectivity index (χ2n) is 5.89. The summed E-state index contributed by atoms with van der Waals surface area (Å²) in [5, 5.41) is 8.95. The Morgan fingerprint density at radius 3 is 2.58 bits per heavy atom. The number of hydrogen-bond donors (Lipinski definition) is 1. The van der Waals surface area contributed by atoms with Gasteiger partial charge >= 0.3 is 12.1 Å². The number of fused-ring (bicyclic) bond motifs is 1. The van der Waals surface area contributed by atoms with Gasteiger partial charge in [-0.05, 0) is 41.0 Å². The van der Waals surface area contributed by atoms with Crippen LogP contribution in [0.3, 0.4) is 0 Å². The Morgan fingerprint density at radius 2 is 1.88 bits per heavy atom. The highest BCUT2D eigenvalue weighted by Gasteiger charge is 2.31. The molecule has 1 atom stereocenters. The molecule has 0 bridgehead atoms. The van der Waals surface area contributed by atoms with Gasteiger partial charge in [-0.1, -0.05) is 49.0 Å². The number of carboxylic acid groups (broad SMARTS) is 1. The van der Waals surface area contributed by atoms with Crippen LogP contribution in [0.15, 0.2) is 70.5 Å². The molecule has 1 unspecified atom stereocenters. The summed E-state index contributed by atoms with van der Waals surface area (Å²) in [6.45, 7) is 1.97. The molecule has 1 N–H and O–H groups in total. The second-order valence-corrected chi connectivity index (χ2v) is 7.00. The summed E-state index contributed by atoms with van der Waals surface area (Å²) >= 11 is 1.24. The summed E-state index contributed by atoms with van der Waals surface area (Å²) in [7, 11) is 0. The molecule has 1 aliphatic carbocycles. The zero-order chi connectivity index (χ0) is 18.9. The van der Waals surface area contributed by atoms with Gasteiger partial charge in [0.25, 0.3) is 0 Å². The van der Waals surface area contributed by atoms with Gasteiger partial charge in [-0.2, -0.15) is 13.2 Å². The van der Waals surface area contributed by atoms with Crippen LogP contribution < -0.4 is 0 Å². The molecule has 0 amide bonds. The maximum atomic E-state index is 13.0. The Morgan fingerprint density at radius 1 is 1.15 bits per heavy atom. The van der Waals surface area contributed by atoms with Gasteiger partial charge in [0.15, 0.2) is 0 Å². The van der Waals surface area contributed by atoms with Crippen molar-refractivity contribution in [2.75, 3.05) is 0 Å². The van der Waals surface area contributed by atoms with Gasteiger partial charge in [-0.3, -0.25) is 0 Å². The van der Waals surface area contributed by atoms with Crippen molar-refractivity contribution in [2.45, 2.75) is 23.9 Å². The van der Waals surface area contributed by atoms with E-state index in [-0.39, 0.29) is 5.92 Å². The maximum absolute atomic E-state index is 13.0. The van der Waals surface area contributed by atoms with Crippen molar-refractivity contribution in [3.8, 4) is 0 Å². The van der Waals surface area contributed by atoms with E-state index >= 15 is 0 Å². The largest absolute Gasteiger partial charge is 0.478 e. The molecule has 0 fully saturated rings. The molecule has 134 valence electrons. The first-order valence-electron chi connectivity index (χ1n) is 7.87. The molecule has 0 saturated heterocycles. The Hall–Kier alpha value is -2.47. The lowest BCUT2D eigenvalue weighted by atomic mass is 10.0. The number of aliphatic carboxylic acids is 1. The number of rotatable bonds is 4. The quantitative estimate of drug-likeness (QED) is 0.668. The topological polar surface area (TPSA) is 37.3 Å². The standard InChI is InChI=1S/C20H15F3O2S/c1-12-15-7-2-3-8-16(15)17(9-10-18(24)25)19(12)26-14-6-4-5-13(11-14)20(21,22)23/h2-12H,1H3,(H,24,25)/b10-9+. The Balaban J connectivity index is 2.04. The van der Waals surface area contributed by atoms with E-state index in [9.17, 15) is 18.0 Å². The van der Waals surface area contributed by atoms with Crippen LogP contribution >= 0.6 is 11.8 Å². The number of carbonyl (C=O) groups is 1. The molecule has 0 aliphatic heterocycles. The number of hydrogen-bond acceptors (Lipinski definition) is 2. The molecular formula is C20H15F3O2S. The van der Waals surface area contributed by atoms with Crippen molar-refractivity contribution >= 4 is 23.3 Å². The highest BCUT2D eigenvalue weighted by atomic mass is 32.2. The van der Waals surface area contributed by atoms with Crippen LogP contribution in [0.1, 0.15) is 29.5 Å². The molecule has 1 aliphatic rings. The zero-order valence-corrected chi connectivity index (χ0v) is 14.6. The van der Waals surface area contributed by atoms with Crippen molar-refractivity contribution < 1.29 is 23.1 Å². The Labute approximate surface area is 153 Å². The van der Waals surface area contributed by atoms with Crippen molar-refractivity contribution in [1.82, 2.24) is 0 Å². The first kappa shape index (κ1) is 18.3. The normalized spacial score (nSPS) is 17.0. The van der Waals surface area contributed by atoms with E-state index in [1.54, 1.807) is 6.07 Å². The fraction of sp³-hybridized carbons (Fsp3) is 0.150. The second kappa shape index (κ2) is 7.03. The molecule has 0 saturated carbocycles. The van der Waals surface area contributed by atoms with Gasteiger partial charge in [0.2, 0.25) is 0 Å². The lowest BCUT2D eigenvalue weighted by molar-refractivity contribution is -0.137. The first-order chi connectivity index (χ1) is 12.3. The zero-order valence-electron chi connectivity index (χ0n) is 13.7. The van der Waals surface area contributed by atoms with Crippen LogP contribution in [0.25, 0.3) is 5.57 Å². The number of benzene rings is 2. The van der Waals surface area contributed by atoms with Crippen LogP contribution in [-0.2, 0) is 11.0 Å². The van der Waals surface area contributed by atoms with Gasteiger partial charge in [0.1, 0.15) is 0 Å². The molecule has 26 heavy (non-hydrogen) atoms. The highest BCUT2D eigenvalue weighted by molar-refractivity contribution is 8.03. The predicted octanol–water partition coefficient (Wildman–Crippen LogP) is 5.97. The molecule has 2 aromatic rings. The van der Waals surface area contributed by atoms with Crippen molar-refractivity contribution in [3.05, 3.63) is 82.3 Å². The van der Waals surface area contributed by atoms with E-state index in [1.165, 1.54) is 23.9 Å². The van der Waals surface area contributed by atoms with E-state index in [4.69, 9.17) is 5.11 Å². The third-order valence-corrected chi connectivity index (χ3v) is 5.44. The maximum Gasteiger partial charge on any atom is 0.416 e. The lowest BCUT2D eigenvalue weighted by Gasteiger charge is -2.13. The fourth-order valence-electron chi connectivity index (χ4n) is 2.96. The minimum Gasteiger partial charge on any atom is -0.478 e. The molecule has 0 spiro atoms. The molecule has 2 aromatic carbocycles. The lowest BCUT2D eigenvalue weighted by Crippen LogP contribution is -2.04. The summed E-state index contributed by atoms with van der Waals surface area (Å²) in [5.41, 5.74) is 1.98. The van der Waals surface area contributed by atoms with E-state index in [2.05, 4.69) is 0 Å². The SMILES string of the molecule is CC1C(Sc2cccc(C(F)(F)F)c2)=C(/C=C/C(=O)O)c2ccccc21. The van der Waals surface area contributed by atoms with Crippen molar-refractivity contribution in [2.24, 2.45) is 0 Å². The molecule has 3 rings (SSSR count). The molecule has 0 heterocycles. The van der Waals surface area contributed by atoms with Crippen molar-refractivity contribution in [1.29, 1.82) is 0 Å². The van der Waals surface area contributed by atoms with E-state index in [1.807, 2.05) is 31.2 Å². The van der Waals surface area contributed by atoms with Gasteiger partial charge in [-0.25, -0.2) is 4.79 Å². The first-order valence-corrected chi connectivity index (χ1v) is 8.68. The van der Waals surface area contributed by atoms with Gasteiger partial charge in [-0.15, -0.1) is 0 Å². The molecule has 0 radical (unpaired) electrons. The van der Waals surface area contributed by atoms with Crippen LogP contribution in [-0.4, -0.2) is 11.1 Å². The van der Waals surface area contributed by atoms with Crippen LogP contribution in [0.4, 0.5) is 13.2 Å². The van der Waals surface area contributed by atoms with Crippen LogP contribution in [0.2, 0.25) is 0 Å². The third kappa shape index (κ3) is 3.70. The van der Waals surface area contributed by atoms with Gasteiger partial charge in [0, 0.05) is 21.8 Å². The van der Waals surface area contributed by atoms with E-state index < -0.39 is 17.7 Å². The smallest absolute Gasteiger partial charge is 0.416 e. The average Bonchev–Trinajstić information content (AvgIpc) is 2.85. The summed E-state index contributed by atoms with van der Waals surface area (Å²) in [6.07, 6.45) is -1.83. The van der Waals surface area contributed by atoms with Crippen molar-refractivity contribution in [3.63, 3.8) is 0 Å². The minimum atomic E-state index is -4.40. The number of halogens is 3. The summed E-state index contributed by atoms with van der Waals surface area (Å²) < 4.78 is 38.9. The number of thioether (sulfide) groups is 1. The predicted molar refractivity (Wildman–Crippen MR) is 95.9 cm³/mol. The Bertz CT molecular complexity index is 913. The summed E-state index contributed by atoms with van der Waals surface area (Å²) in [4.78, 5) is 12.2. The fourth-order valence-corrected chi connectivity index (χ4v) is 4.14. The average molecular weight is 376 g/mol. The third-order valence-electron chi connectivity index (χ3n) is 4.16. The number of carboxylic acids is 1. The molecular weight excluding hydrogens is 361 g/mol. The monoisotopic (exact) mass is 376 g/mol. The van der Waals surface area contributed by atoms with Gasteiger partial charge in [0.05, 0.1) is 5.56 Å². The number of allylic oxidation sites excluding steroid dienone is 3. The van der Waals surface area contributed by atoms with Gasteiger partial charge < -0.3 is 5.11 Å². The van der Waals surface area contributed by atoms with Crippen LogP contribution in [0.5, 0.6) is 0 Å². The number of alkyl halides is 3. The Kier molecular flexibility index (Phi) is 4.96. The van der Waals surface area contributed by atoms with E-state index in [0.29, 0.717) is 4.90 Å². The van der Waals surface area contributed by atoms with E-state index in [0.717, 1.165) is 39.8 Å². The molecule has 0 aromatic heterocycles. The minimum absolute atomic E-state index is 0.0285. The molecule has 2 nitrogen and oxygen atoms in total. The summed E-state index contributed by atoms with van der Waals surface area (Å²) in [6, 6.07) is 12.8. The summed E-state index contributed by atoms with van der Waals surface area (Å²) in [5.74, 6) is -1.10. The highest BCUT2D eigenvalue weighted by Crippen LogP contribution is 2.49.